The molecule has 1 aliphatic heterocycles. The Morgan fingerprint density at radius 3 is 2.88 bits per heavy atom. The minimum atomic E-state index is -1.12. The van der Waals surface area contributed by atoms with Crippen LogP contribution in [0.1, 0.15) is 40.6 Å². The molecule has 7 heteroatoms. The lowest BCUT2D eigenvalue weighted by Crippen LogP contribution is -2.39. The molecule has 0 spiro atoms. The molecule has 126 valence electrons. The summed E-state index contributed by atoms with van der Waals surface area (Å²) in [7, 11) is 0. The molecule has 2 aromatic rings. The first-order valence-electron chi connectivity index (χ1n) is 7.77. The highest BCUT2D eigenvalue weighted by atomic mass is 16.6. The Morgan fingerprint density at radius 2 is 2.12 bits per heavy atom. The van der Waals surface area contributed by atoms with Crippen LogP contribution in [-0.4, -0.2) is 40.1 Å². The standard InChI is InChI=1S/C17H18N2O5/c20-16(21)14-15(24-11-18-14)13-7-4-8-19(9-13)17(22)23-10-12-5-2-1-3-6-12/h1-3,5-6,11,13H,4,7-10H2,(H,20,21)/t13-/m0/s1. The molecular weight excluding hydrogens is 312 g/mol. The average Bonchev–Trinajstić information content (AvgIpc) is 3.11. The van der Waals surface area contributed by atoms with Crippen LogP contribution in [0.25, 0.3) is 0 Å². The maximum atomic E-state index is 12.2. The van der Waals surface area contributed by atoms with Crippen molar-refractivity contribution in [2.75, 3.05) is 13.1 Å². The Morgan fingerprint density at radius 1 is 1.33 bits per heavy atom. The first kappa shape index (κ1) is 16.0. The number of carbonyl (C=O) groups excluding carboxylic acids is 1. The number of aromatic nitrogens is 1. The minimum absolute atomic E-state index is 0.0838. The Bertz CT molecular complexity index is 713. The van der Waals surface area contributed by atoms with Crippen molar-refractivity contribution in [2.45, 2.75) is 25.4 Å². The van der Waals surface area contributed by atoms with E-state index in [1.807, 2.05) is 30.3 Å². The smallest absolute Gasteiger partial charge is 0.410 e. The lowest BCUT2D eigenvalue weighted by Gasteiger charge is -2.31. The molecule has 7 nitrogen and oxygen atoms in total. The van der Waals surface area contributed by atoms with Gasteiger partial charge >= 0.3 is 12.1 Å². The van der Waals surface area contributed by atoms with Gasteiger partial charge in [0.25, 0.3) is 0 Å². The van der Waals surface area contributed by atoms with Crippen LogP contribution in [0.4, 0.5) is 4.79 Å². The van der Waals surface area contributed by atoms with Crippen molar-refractivity contribution in [1.29, 1.82) is 0 Å². The second-order valence-electron chi connectivity index (χ2n) is 5.70. The van der Waals surface area contributed by atoms with Gasteiger partial charge in [-0.1, -0.05) is 30.3 Å². The normalized spacial score (nSPS) is 17.5. The summed E-state index contributed by atoms with van der Waals surface area (Å²) < 4.78 is 10.6. The zero-order valence-corrected chi connectivity index (χ0v) is 13.1. The maximum absolute atomic E-state index is 12.2. The SMILES string of the molecule is O=C(O)c1ncoc1[C@H]1CCCN(C(=O)OCc2ccccc2)C1. The minimum Gasteiger partial charge on any atom is -0.476 e. The van der Waals surface area contributed by atoms with Gasteiger partial charge in [-0.3, -0.25) is 0 Å². The van der Waals surface area contributed by atoms with Gasteiger partial charge in [0.15, 0.2) is 12.1 Å². The zero-order chi connectivity index (χ0) is 16.9. The lowest BCUT2D eigenvalue weighted by atomic mass is 9.94. The number of likely N-dealkylation sites (tertiary alicyclic amines) is 1. The predicted octanol–water partition coefficient (Wildman–Crippen LogP) is 2.89. The van der Waals surface area contributed by atoms with Crippen LogP contribution in [0.3, 0.4) is 0 Å². The van der Waals surface area contributed by atoms with Gasteiger partial charge in [0, 0.05) is 19.0 Å². The van der Waals surface area contributed by atoms with Crippen molar-refractivity contribution in [3.05, 3.63) is 53.7 Å². The molecule has 1 fully saturated rings. The number of piperidine rings is 1. The molecule has 0 saturated carbocycles. The number of benzene rings is 1. The Kier molecular flexibility index (Phi) is 4.79. The van der Waals surface area contributed by atoms with E-state index in [1.54, 1.807) is 4.90 Å². The summed E-state index contributed by atoms with van der Waals surface area (Å²) in [5, 5.41) is 9.14. The summed E-state index contributed by atoms with van der Waals surface area (Å²) in [6, 6.07) is 9.45. The highest BCUT2D eigenvalue weighted by Crippen LogP contribution is 2.29. The molecule has 3 rings (SSSR count). The Labute approximate surface area is 138 Å². The monoisotopic (exact) mass is 330 g/mol. The molecule has 1 aromatic heterocycles. The summed E-state index contributed by atoms with van der Waals surface area (Å²) in [5.74, 6) is -0.984. The highest BCUT2D eigenvalue weighted by molar-refractivity contribution is 5.86. The molecular formula is C17H18N2O5. The van der Waals surface area contributed by atoms with Gasteiger partial charge < -0.3 is 19.2 Å². The van der Waals surface area contributed by atoms with Crippen LogP contribution < -0.4 is 0 Å². The number of ether oxygens (including phenoxy) is 1. The third-order valence-corrected chi connectivity index (χ3v) is 4.05. The molecule has 0 unspecified atom stereocenters. The van der Waals surface area contributed by atoms with Crippen molar-refractivity contribution in [3.8, 4) is 0 Å². The number of amides is 1. The number of nitrogens with zero attached hydrogens (tertiary/aromatic N) is 2. The lowest BCUT2D eigenvalue weighted by molar-refractivity contribution is 0.0685. The number of carbonyl (C=O) groups is 2. The van der Waals surface area contributed by atoms with E-state index < -0.39 is 12.1 Å². The van der Waals surface area contributed by atoms with Crippen LogP contribution in [0, 0.1) is 0 Å². The van der Waals surface area contributed by atoms with Gasteiger partial charge in [-0.05, 0) is 18.4 Å². The molecule has 0 aliphatic carbocycles. The summed E-state index contributed by atoms with van der Waals surface area (Å²) in [5.41, 5.74) is 0.835. The van der Waals surface area contributed by atoms with Crippen molar-refractivity contribution < 1.29 is 23.8 Å². The molecule has 0 radical (unpaired) electrons. The summed E-state index contributed by atoms with van der Waals surface area (Å²) in [4.78, 5) is 28.7. The van der Waals surface area contributed by atoms with Crippen LogP contribution in [-0.2, 0) is 11.3 Å². The average molecular weight is 330 g/mol. The van der Waals surface area contributed by atoms with Gasteiger partial charge in [0.1, 0.15) is 12.4 Å². The fraction of sp³-hybridized carbons (Fsp3) is 0.353. The largest absolute Gasteiger partial charge is 0.476 e. The molecule has 0 bridgehead atoms. The van der Waals surface area contributed by atoms with E-state index in [-0.39, 0.29) is 18.2 Å². The van der Waals surface area contributed by atoms with Crippen LogP contribution in [0.2, 0.25) is 0 Å². The number of aromatic carboxylic acids is 1. The van der Waals surface area contributed by atoms with Gasteiger partial charge in [0.05, 0.1) is 0 Å². The van der Waals surface area contributed by atoms with Gasteiger partial charge in [-0.25, -0.2) is 14.6 Å². The summed E-state index contributed by atoms with van der Waals surface area (Å²) in [6.45, 7) is 1.16. The predicted molar refractivity (Wildman–Crippen MR) is 83.6 cm³/mol. The van der Waals surface area contributed by atoms with E-state index in [0.717, 1.165) is 24.8 Å². The van der Waals surface area contributed by atoms with Gasteiger partial charge in [0.2, 0.25) is 0 Å². The topological polar surface area (TPSA) is 92.9 Å². The maximum Gasteiger partial charge on any atom is 0.410 e. The van der Waals surface area contributed by atoms with E-state index in [1.165, 1.54) is 0 Å². The van der Waals surface area contributed by atoms with Crippen molar-refractivity contribution in [3.63, 3.8) is 0 Å². The first-order chi connectivity index (χ1) is 11.6. The molecule has 1 N–H and O–H groups in total. The molecule has 1 aliphatic rings. The molecule has 24 heavy (non-hydrogen) atoms. The summed E-state index contributed by atoms with van der Waals surface area (Å²) >= 11 is 0. The molecule has 1 saturated heterocycles. The van der Waals surface area contributed by atoms with Crippen LogP contribution in [0.5, 0.6) is 0 Å². The van der Waals surface area contributed by atoms with Crippen LogP contribution >= 0.6 is 0 Å². The molecule has 1 atom stereocenters. The molecule has 1 amide bonds. The first-order valence-corrected chi connectivity index (χ1v) is 7.77. The third-order valence-electron chi connectivity index (χ3n) is 4.05. The number of oxazole rings is 1. The van der Waals surface area contributed by atoms with Crippen molar-refractivity contribution in [2.24, 2.45) is 0 Å². The highest BCUT2D eigenvalue weighted by Gasteiger charge is 2.31. The van der Waals surface area contributed by atoms with Gasteiger partial charge in [-0.15, -0.1) is 0 Å². The fourth-order valence-electron chi connectivity index (χ4n) is 2.87. The third kappa shape index (κ3) is 3.56. The second-order valence-corrected chi connectivity index (χ2v) is 5.70. The summed E-state index contributed by atoms with van der Waals surface area (Å²) in [6.07, 6.45) is 2.23. The Balaban J connectivity index is 1.61. The van der Waals surface area contributed by atoms with E-state index >= 15 is 0 Å². The van der Waals surface area contributed by atoms with Crippen LogP contribution in [0.15, 0.2) is 41.1 Å². The van der Waals surface area contributed by atoms with Crippen molar-refractivity contribution in [1.82, 2.24) is 9.88 Å². The van der Waals surface area contributed by atoms with E-state index in [0.29, 0.717) is 18.8 Å². The number of carboxylic acid groups (broad SMARTS) is 1. The van der Waals surface area contributed by atoms with E-state index in [4.69, 9.17) is 14.3 Å². The van der Waals surface area contributed by atoms with Gasteiger partial charge in [-0.2, -0.15) is 0 Å². The van der Waals surface area contributed by atoms with E-state index in [9.17, 15) is 9.59 Å². The molecule has 2 heterocycles. The van der Waals surface area contributed by atoms with E-state index in [2.05, 4.69) is 4.98 Å². The quantitative estimate of drug-likeness (QED) is 0.926. The number of rotatable bonds is 4. The molecule has 1 aromatic carbocycles. The fourth-order valence-corrected chi connectivity index (χ4v) is 2.87. The number of hydrogen-bond donors (Lipinski definition) is 1. The van der Waals surface area contributed by atoms with Crippen molar-refractivity contribution >= 4 is 12.1 Å². The second kappa shape index (κ2) is 7.16. The Hall–Kier alpha value is -2.83. The number of hydrogen-bond acceptors (Lipinski definition) is 5. The number of carboxylic acids is 1. The zero-order valence-electron chi connectivity index (χ0n) is 13.1.